The normalized spacial score (nSPS) is 11.0. The SMILES string of the molecule is COCCn1c(C)cc(C(=O)CSc2nnnn2-c2cc(OC)ccc2OC)c1C. The maximum absolute atomic E-state index is 12.9. The molecule has 0 spiro atoms. The Labute approximate surface area is 179 Å². The highest BCUT2D eigenvalue weighted by molar-refractivity contribution is 7.99. The van der Waals surface area contributed by atoms with Gasteiger partial charge in [0.1, 0.15) is 17.2 Å². The van der Waals surface area contributed by atoms with E-state index in [4.69, 9.17) is 14.2 Å². The first-order chi connectivity index (χ1) is 14.5. The van der Waals surface area contributed by atoms with E-state index in [1.54, 1.807) is 44.2 Å². The van der Waals surface area contributed by atoms with Crippen LogP contribution in [0.1, 0.15) is 21.7 Å². The third kappa shape index (κ3) is 4.49. The first-order valence-corrected chi connectivity index (χ1v) is 10.3. The van der Waals surface area contributed by atoms with Crippen LogP contribution in [0.5, 0.6) is 11.5 Å². The van der Waals surface area contributed by atoms with Crippen molar-refractivity contribution in [2.24, 2.45) is 0 Å². The minimum Gasteiger partial charge on any atom is -0.497 e. The van der Waals surface area contributed by atoms with Crippen molar-refractivity contribution in [3.8, 4) is 17.2 Å². The zero-order valence-corrected chi connectivity index (χ0v) is 18.5. The summed E-state index contributed by atoms with van der Waals surface area (Å²) in [6, 6.07) is 7.28. The smallest absolute Gasteiger partial charge is 0.214 e. The van der Waals surface area contributed by atoms with Crippen LogP contribution in [0.2, 0.25) is 0 Å². The van der Waals surface area contributed by atoms with E-state index in [2.05, 4.69) is 20.1 Å². The van der Waals surface area contributed by atoms with Gasteiger partial charge in [-0.15, -0.1) is 5.10 Å². The molecule has 2 aromatic heterocycles. The molecule has 0 amide bonds. The summed E-state index contributed by atoms with van der Waals surface area (Å²) in [5.74, 6) is 1.47. The van der Waals surface area contributed by atoms with Crippen molar-refractivity contribution in [1.29, 1.82) is 0 Å². The van der Waals surface area contributed by atoms with Crippen LogP contribution in [0.3, 0.4) is 0 Å². The quantitative estimate of drug-likeness (QED) is 0.357. The molecule has 0 unspecified atom stereocenters. The molecule has 0 fully saturated rings. The van der Waals surface area contributed by atoms with Crippen molar-refractivity contribution < 1.29 is 19.0 Å². The van der Waals surface area contributed by atoms with Crippen molar-refractivity contribution >= 4 is 17.5 Å². The van der Waals surface area contributed by atoms with Gasteiger partial charge >= 0.3 is 0 Å². The number of carbonyl (C=O) groups is 1. The number of nitrogens with zero attached hydrogens (tertiary/aromatic N) is 5. The molecule has 30 heavy (non-hydrogen) atoms. The number of hydrogen-bond donors (Lipinski definition) is 0. The van der Waals surface area contributed by atoms with Gasteiger partial charge in [-0.25, -0.2) is 0 Å². The lowest BCUT2D eigenvalue weighted by Gasteiger charge is -2.11. The van der Waals surface area contributed by atoms with E-state index in [1.807, 2.05) is 19.9 Å². The second kappa shape index (κ2) is 9.77. The van der Waals surface area contributed by atoms with E-state index in [-0.39, 0.29) is 11.5 Å². The molecule has 0 atom stereocenters. The van der Waals surface area contributed by atoms with Gasteiger partial charge in [-0.05, 0) is 42.5 Å². The summed E-state index contributed by atoms with van der Waals surface area (Å²) in [6.45, 7) is 5.24. The number of Topliss-reactive ketones (excluding diaryl/α,β-unsaturated/α-hetero) is 1. The summed E-state index contributed by atoms with van der Waals surface area (Å²) in [6.07, 6.45) is 0. The molecule has 9 nitrogen and oxygen atoms in total. The molecule has 0 aliphatic heterocycles. The molecule has 3 rings (SSSR count). The highest BCUT2D eigenvalue weighted by Crippen LogP contribution is 2.30. The van der Waals surface area contributed by atoms with Crippen LogP contribution in [-0.4, -0.2) is 64.2 Å². The van der Waals surface area contributed by atoms with Crippen LogP contribution < -0.4 is 9.47 Å². The molecule has 160 valence electrons. The number of carbonyl (C=O) groups excluding carboxylic acids is 1. The fourth-order valence-corrected chi connectivity index (χ4v) is 3.97. The Hall–Kier alpha value is -2.85. The fraction of sp³-hybridized carbons (Fsp3) is 0.400. The van der Waals surface area contributed by atoms with Gasteiger partial charge in [0.2, 0.25) is 5.16 Å². The zero-order valence-electron chi connectivity index (χ0n) is 17.7. The standard InChI is InChI=1S/C20H25N5O4S/c1-13-10-16(14(2)24(13)8-9-27-3)18(26)12-30-20-21-22-23-25(20)17-11-15(28-4)6-7-19(17)29-5/h6-7,10-11H,8-9,12H2,1-5H3. The number of rotatable bonds is 10. The lowest BCUT2D eigenvalue weighted by Crippen LogP contribution is -2.10. The molecule has 3 aromatic rings. The van der Waals surface area contributed by atoms with E-state index < -0.39 is 0 Å². The molecular formula is C20H25N5O4S. The van der Waals surface area contributed by atoms with Gasteiger partial charge in [-0.1, -0.05) is 11.8 Å². The third-order valence-corrected chi connectivity index (χ3v) is 5.70. The number of ether oxygens (including phenoxy) is 3. The third-order valence-electron chi connectivity index (χ3n) is 4.78. The Morgan fingerprint density at radius 2 is 1.93 bits per heavy atom. The molecule has 0 saturated heterocycles. The molecule has 0 aliphatic carbocycles. The number of benzene rings is 1. The average molecular weight is 432 g/mol. The van der Waals surface area contributed by atoms with Gasteiger partial charge in [0.25, 0.3) is 0 Å². The number of methoxy groups -OCH3 is 3. The lowest BCUT2D eigenvalue weighted by atomic mass is 10.2. The Morgan fingerprint density at radius 1 is 1.13 bits per heavy atom. The Morgan fingerprint density at radius 3 is 2.63 bits per heavy atom. The van der Waals surface area contributed by atoms with Crippen molar-refractivity contribution in [3.05, 3.63) is 41.2 Å². The Kier molecular flexibility index (Phi) is 7.11. The van der Waals surface area contributed by atoms with Gasteiger partial charge in [-0.2, -0.15) is 4.68 Å². The van der Waals surface area contributed by atoms with Gasteiger partial charge in [-0.3, -0.25) is 4.79 Å². The summed E-state index contributed by atoms with van der Waals surface area (Å²) >= 11 is 1.27. The largest absolute Gasteiger partial charge is 0.497 e. The monoisotopic (exact) mass is 431 g/mol. The van der Waals surface area contributed by atoms with Crippen LogP contribution in [0.4, 0.5) is 0 Å². The van der Waals surface area contributed by atoms with E-state index in [0.717, 1.165) is 11.4 Å². The summed E-state index contributed by atoms with van der Waals surface area (Å²) in [4.78, 5) is 12.9. The maximum Gasteiger partial charge on any atom is 0.214 e. The highest BCUT2D eigenvalue weighted by atomic mass is 32.2. The fourth-order valence-electron chi connectivity index (χ4n) is 3.20. The maximum atomic E-state index is 12.9. The van der Waals surface area contributed by atoms with Crippen LogP contribution in [0.25, 0.3) is 5.69 Å². The minimum absolute atomic E-state index is 0.0175. The summed E-state index contributed by atoms with van der Waals surface area (Å²) in [5, 5.41) is 12.4. The molecule has 0 aliphatic rings. The predicted octanol–water partition coefficient (Wildman–Crippen LogP) is 2.72. The Bertz CT molecular complexity index is 1030. The van der Waals surface area contributed by atoms with E-state index in [9.17, 15) is 4.79 Å². The molecule has 0 radical (unpaired) electrons. The van der Waals surface area contributed by atoms with Gasteiger partial charge in [0.15, 0.2) is 5.78 Å². The minimum atomic E-state index is 0.0175. The molecule has 2 heterocycles. The number of tetrazole rings is 1. The van der Waals surface area contributed by atoms with Crippen molar-refractivity contribution in [2.75, 3.05) is 33.7 Å². The van der Waals surface area contributed by atoms with Crippen molar-refractivity contribution in [3.63, 3.8) is 0 Å². The molecular weight excluding hydrogens is 406 g/mol. The first kappa shape index (κ1) is 21.8. The molecule has 0 saturated carbocycles. The topological polar surface area (TPSA) is 93.3 Å². The number of aromatic nitrogens is 5. The van der Waals surface area contributed by atoms with Crippen LogP contribution in [-0.2, 0) is 11.3 Å². The van der Waals surface area contributed by atoms with Gasteiger partial charge in [0, 0.05) is 36.7 Å². The highest BCUT2D eigenvalue weighted by Gasteiger charge is 2.19. The molecule has 0 bridgehead atoms. The van der Waals surface area contributed by atoms with Crippen LogP contribution in [0, 0.1) is 13.8 Å². The number of thioether (sulfide) groups is 1. The van der Waals surface area contributed by atoms with Crippen LogP contribution >= 0.6 is 11.8 Å². The predicted molar refractivity (Wildman–Crippen MR) is 113 cm³/mol. The number of aryl methyl sites for hydroxylation is 1. The summed E-state index contributed by atoms with van der Waals surface area (Å²) in [5.41, 5.74) is 3.30. The van der Waals surface area contributed by atoms with E-state index >= 15 is 0 Å². The second-order valence-electron chi connectivity index (χ2n) is 6.55. The lowest BCUT2D eigenvalue weighted by molar-refractivity contribution is 0.102. The van der Waals surface area contributed by atoms with E-state index in [1.165, 1.54) is 11.8 Å². The van der Waals surface area contributed by atoms with Crippen molar-refractivity contribution in [1.82, 2.24) is 24.8 Å². The summed E-state index contributed by atoms with van der Waals surface area (Å²) < 4.78 is 19.5. The van der Waals surface area contributed by atoms with Gasteiger partial charge < -0.3 is 18.8 Å². The average Bonchev–Trinajstić information content (AvgIpc) is 3.34. The van der Waals surface area contributed by atoms with Gasteiger partial charge in [0.05, 0.1) is 26.6 Å². The molecule has 0 N–H and O–H groups in total. The zero-order chi connectivity index (χ0) is 21.7. The number of ketones is 1. The van der Waals surface area contributed by atoms with E-state index in [0.29, 0.717) is 41.1 Å². The second-order valence-corrected chi connectivity index (χ2v) is 7.49. The number of hydrogen-bond acceptors (Lipinski definition) is 8. The summed E-state index contributed by atoms with van der Waals surface area (Å²) in [7, 11) is 4.83. The molecule has 10 heteroatoms. The van der Waals surface area contributed by atoms with Crippen molar-refractivity contribution in [2.45, 2.75) is 25.5 Å². The first-order valence-electron chi connectivity index (χ1n) is 9.32. The molecule has 1 aromatic carbocycles. The van der Waals surface area contributed by atoms with Crippen LogP contribution in [0.15, 0.2) is 29.4 Å². The Balaban J connectivity index is 1.79.